The lowest BCUT2D eigenvalue weighted by atomic mass is 10.1. The third-order valence-electron chi connectivity index (χ3n) is 5.72. The van der Waals surface area contributed by atoms with E-state index in [0.717, 1.165) is 65.9 Å². The van der Waals surface area contributed by atoms with Crippen molar-refractivity contribution in [1.82, 2.24) is 25.3 Å². The molecule has 176 valence electrons. The third-order valence-corrected chi connectivity index (χ3v) is 6.74. The number of nitrogens with zero attached hydrogens (tertiary/aromatic N) is 6. The lowest BCUT2D eigenvalue weighted by Gasteiger charge is -2.32. The zero-order chi connectivity index (χ0) is 23.2. The predicted molar refractivity (Wildman–Crippen MR) is 131 cm³/mol. The summed E-state index contributed by atoms with van der Waals surface area (Å²) < 4.78 is 5.46. The Morgan fingerprint density at radius 1 is 1.06 bits per heavy atom. The molecule has 10 heteroatoms. The van der Waals surface area contributed by atoms with Crippen molar-refractivity contribution in [3.8, 4) is 0 Å². The third kappa shape index (κ3) is 5.39. The fourth-order valence-corrected chi connectivity index (χ4v) is 4.90. The highest BCUT2D eigenvalue weighted by molar-refractivity contribution is 7.21. The van der Waals surface area contributed by atoms with E-state index in [-0.39, 0.29) is 11.9 Å². The van der Waals surface area contributed by atoms with Gasteiger partial charge in [-0.05, 0) is 31.4 Å². The smallest absolute Gasteiger partial charge is 0.270 e. The van der Waals surface area contributed by atoms with Crippen molar-refractivity contribution in [3.05, 3.63) is 35.9 Å². The van der Waals surface area contributed by atoms with Gasteiger partial charge in [-0.2, -0.15) is 0 Å². The van der Waals surface area contributed by atoms with Crippen molar-refractivity contribution in [2.45, 2.75) is 39.7 Å². The Balaban J connectivity index is 0.00000126. The van der Waals surface area contributed by atoms with Crippen LogP contribution in [0.15, 0.2) is 24.7 Å². The lowest BCUT2D eigenvalue weighted by Crippen LogP contribution is -2.44. The Bertz CT molecular complexity index is 1060. The molecule has 3 aromatic rings. The van der Waals surface area contributed by atoms with Crippen LogP contribution in [0.4, 0.5) is 10.9 Å². The minimum absolute atomic E-state index is 0.108. The molecule has 1 N–H and O–H groups in total. The van der Waals surface area contributed by atoms with Gasteiger partial charge in [0.25, 0.3) is 5.91 Å². The van der Waals surface area contributed by atoms with Gasteiger partial charge in [-0.15, -0.1) is 0 Å². The zero-order valence-corrected chi connectivity index (χ0v) is 20.3. The molecular weight excluding hydrogens is 438 g/mol. The Morgan fingerprint density at radius 2 is 1.82 bits per heavy atom. The van der Waals surface area contributed by atoms with E-state index in [4.69, 9.17) is 9.72 Å². The normalized spacial score (nSPS) is 16.9. The first-order chi connectivity index (χ1) is 16.2. The number of rotatable bonds is 4. The number of morpholine rings is 1. The van der Waals surface area contributed by atoms with Crippen molar-refractivity contribution in [2.75, 3.05) is 49.2 Å². The van der Waals surface area contributed by atoms with Crippen molar-refractivity contribution in [3.63, 3.8) is 0 Å². The molecular formula is C23H31N7O2S. The van der Waals surface area contributed by atoms with Crippen LogP contribution in [0.5, 0.6) is 0 Å². The molecule has 2 fully saturated rings. The number of thiazole rings is 1. The number of carbonyl (C=O) groups excluding carboxylic acids is 1. The van der Waals surface area contributed by atoms with Crippen molar-refractivity contribution in [2.24, 2.45) is 0 Å². The summed E-state index contributed by atoms with van der Waals surface area (Å²) in [6.07, 6.45) is 5.08. The van der Waals surface area contributed by atoms with E-state index >= 15 is 0 Å². The molecule has 0 saturated carbocycles. The molecule has 0 spiro atoms. The molecule has 2 saturated heterocycles. The van der Waals surface area contributed by atoms with Crippen LogP contribution < -0.4 is 15.1 Å². The Labute approximate surface area is 198 Å². The topological polar surface area (TPSA) is 96.4 Å². The Morgan fingerprint density at radius 3 is 2.52 bits per heavy atom. The summed E-state index contributed by atoms with van der Waals surface area (Å²) >= 11 is 1.60. The number of anilines is 2. The number of aromatic nitrogens is 4. The lowest BCUT2D eigenvalue weighted by molar-refractivity contribution is 0.0926. The molecule has 0 aliphatic carbocycles. The van der Waals surface area contributed by atoms with Gasteiger partial charge in [-0.1, -0.05) is 31.3 Å². The second-order valence-corrected chi connectivity index (χ2v) is 8.86. The van der Waals surface area contributed by atoms with Gasteiger partial charge in [0.15, 0.2) is 15.8 Å². The molecule has 0 unspecified atom stereocenters. The van der Waals surface area contributed by atoms with Crippen LogP contribution in [0, 0.1) is 6.92 Å². The van der Waals surface area contributed by atoms with E-state index in [1.807, 2.05) is 26.8 Å². The maximum Gasteiger partial charge on any atom is 0.270 e. The number of ether oxygens (including phenoxy) is 1. The summed E-state index contributed by atoms with van der Waals surface area (Å²) in [5.41, 5.74) is 2.38. The fourth-order valence-electron chi connectivity index (χ4n) is 3.95. The molecule has 5 rings (SSSR count). The maximum absolute atomic E-state index is 12.5. The van der Waals surface area contributed by atoms with Crippen molar-refractivity contribution >= 4 is 38.5 Å². The van der Waals surface area contributed by atoms with Gasteiger partial charge in [-0.3, -0.25) is 9.78 Å². The van der Waals surface area contributed by atoms with Gasteiger partial charge in [0.2, 0.25) is 0 Å². The minimum Gasteiger partial charge on any atom is -0.378 e. The van der Waals surface area contributed by atoms with Gasteiger partial charge in [0.1, 0.15) is 17.5 Å². The Kier molecular flexibility index (Phi) is 7.66. The molecule has 0 radical (unpaired) electrons. The quantitative estimate of drug-likeness (QED) is 0.623. The number of nitrogens with one attached hydrogen (secondary N) is 1. The number of hydrogen-bond acceptors (Lipinski definition) is 9. The first-order valence-electron chi connectivity index (χ1n) is 11.6. The van der Waals surface area contributed by atoms with Crippen LogP contribution in [0.25, 0.3) is 10.3 Å². The van der Waals surface area contributed by atoms with Crippen molar-refractivity contribution in [1.29, 1.82) is 0 Å². The van der Waals surface area contributed by atoms with E-state index in [2.05, 4.69) is 30.1 Å². The number of carbonyl (C=O) groups is 1. The van der Waals surface area contributed by atoms with E-state index in [9.17, 15) is 4.79 Å². The zero-order valence-electron chi connectivity index (χ0n) is 19.5. The van der Waals surface area contributed by atoms with E-state index in [1.54, 1.807) is 29.9 Å². The molecule has 2 aliphatic rings. The van der Waals surface area contributed by atoms with Crippen LogP contribution in [-0.2, 0) is 4.74 Å². The number of amides is 1. The number of pyridine rings is 1. The molecule has 0 atom stereocenters. The summed E-state index contributed by atoms with van der Waals surface area (Å²) in [4.78, 5) is 35.9. The molecule has 0 aromatic carbocycles. The second-order valence-electron chi connectivity index (χ2n) is 7.90. The molecule has 3 aromatic heterocycles. The average Bonchev–Trinajstić information content (AvgIpc) is 3.31. The molecule has 33 heavy (non-hydrogen) atoms. The minimum atomic E-state index is -0.108. The molecule has 9 nitrogen and oxygen atoms in total. The average molecular weight is 470 g/mol. The van der Waals surface area contributed by atoms with Crippen molar-refractivity contribution < 1.29 is 9.53 Å². The summed E-state index contributed by atoms with van der Waals surface area (Å²) in [5.74, 6) is 0.785. The Hall–Kier alpha value is -2.85. The van der Waals surface area contributed by atoms with Gasteiger partial charge in [0.05, 0.1) is 13.2 Å². The molecule has 2 aliphatic heterocycles. The first-order valence-corrected chi connectivity index (χ1v) is 12.4. The maximum atomic E-state index is 12.5. The highest BCUT2D eigenvalue weighted by atomic mass is 32.1. The standard InChI is InChI=1S/C21H25N7O2S.C2H6/c1-14-2-3-16(22-12-14)19(29)25-15-4-6-28(7-5-15)21-26-17-18(23-13-24-20(17)31-21)27-8-10-30-11-9-27;1-2/h2-3,12-13,15H,4-11H2,1H3,(H,25,29);1-2H3. The summed E-state index contributed by atoms with van der Waals surface area (Å²) in [6.45, 7) is 10.7. The van der Waals surface area contributed by atoms with E-state index in [1.165, 1.54) is 0 Å². The number of piperidine rings is 1. The van der Waals surface area contributed by atoms with Crippen LogP contribution in [0.3, 0.4) is 0 Å². The SMILES string of the molecule is CC.Cc1ccc(C(=O)NC2CCN(c3nc4c(N5CCOCC5)ncnc4s3)CC2)nc1. The number of fused-ring (bicyclic) bond motifs is 1. The fraction of sp³-hybridized carbons (Fsp3) is 0.522. The number of hydrogen-bond donors (Lipinski definition) is 1. The molecule has 5 heterocycles. The largest absolute Gasteiger partial charge is 0.378 e. The highest BCUT2D eigenvalue weighted by Crippen LogP contribution is 2.33. The van der Waals surface area contributed by atoms with Crippen LogP contribution in [-0.4, -0.2) is 71.3 Å². The summed E-state index contributed by atoms with van der Waals surface area (Å²) in [6, 6.07) is 3.82. The first kappa shape index (κ1) is 23.3. The van der Waals surface area contributed by atoms with E-state index in [0.29, 0.717) is 18.9 Å². The van der Waals surface area contributed by atoms with Gasteiger partial charge >= 0.3 is 0 Å². The van der Waals surface area contributed by atoms with Gasteiger partial charge < -0.3 is 19.9 Å². The molecule has 1 amide bonds. The molecule has 0 bridgehead atoms. The summed E-state index contributed by atoms with van der Waals surface area (Å²) in [5, 5.41) is 4.09. The predicted octanol–water partition coefficient (Wildman–Crippen LogP) is 3.05. The van der Waals surface area contributed by atoms with E-state index < -0.39 is 0 Å². The number of aryl methyl sites for hydroxylation is 1. The van der Waals surface area contributed by atoms with Gasteiger partial charge in [-0.25, -0.2) is 15.0 Å². The summed E-state index contributed by atoms with van der Waals surface area (Å²) in [7, 11) is 0. The highest BCUT2D eigenvalue weighted by Gasteiger charge is 2.25. The monoisotopic (exact) mass is 469 g/mol. The second kappa shape index (κ2) is 10.8. The van der Waals surface area contributed by atoms with Crippen LogP contribution in [0.1, 0.15) is 42.7 Å². The van der Waals surface area contributed by atoms with Crippen LogP contribution in [0.2, 0.25) is 0 Å². The van der Waals surface area contributed by atoms with Crippen LogP contribution >= 0.6 is 11.3 Å². The van der Waals surface area contributed by atoms with Gasteiger partial charge in [0, 0.05) is 38.4 Å².